The summed E-state index contributed by atoms with van der Waals surface area (Å²) in [5.74, 6) is -0.543. The van der Waals surface area contributed by atoms with Gasteiger partial charge in [-0.2, -0.15) is 0 Å². The number of methoxy groups -OCH3 is 1. The smallest absolute Gasteiger partial charge is 0.322 e. The molecule has 0 spiro atoms. The molecule has 0 atom stereocenters. The fourth-order valence-electron chi connectivity index (χ4n) is 3.40. The molecule has 8 nitrogen and oxygen atoms in total. The molecule has 138 valence electrons. The number of nitrogens with zero attached hydrogens (tertiary/aromatic N) is 2. The maximum absolute atomic E-state index is 12.7. The molecule has 4 rings (SSSR count). The lowest BCUT2D eigenvalue weighted by atomic mass is 10.0. The van der Waals surface area contributed by atoms with Gasteiger partial charge in [-0.1, -0.05) is 18.2 Å². The minimum atomic E-state index is -0.670. The Bertz CT molecular complexity index is 1040. The third-order valence-corrected chi connectivity index (χ3v) is 4.73. The van der Waals surface area contributed by atoms with Crippen LogP contribution in [-0.2, 0) is 13.0 Å². The normalized spacial score (nSPS) is 13.3. The number of nitrogens with one attached hydrogen (secondary N) is 2. The summed E-state index contributed by atoms with van der Waals surface area (Å²) in [5, 5.41) is 3.91. The van der Waals surface area contributed by atoms with E-state index >= 15 is 0 Å². The van der Waals surface area contributed by atoms with Crippen LogP contribution in [-0.4, -0.2) is 40.5 Å². The Balaban J connectivity index is 1.54. The fraction of sp³-hybridized carbons (Fsp3) is 0.211. The average Bonchev–Trinajstić information content (AvgIpc) is 3.05. The summed E-state index contributed by atoms with van der Waals surface area (Å²) in [7, 11) is 1.40. The molecule has 0 radical (unpaired) electrons. The van der Waals surface area contributed by atoms with E-state index in [0.29, 0.717) is 18.8 Å². The zero-order valence-electron chi connectivity index (χ0n) is 14.8. The number of benzene rings is 1. The Morgan fingerprint density at radius 1 is 1.33 bits per heavy atom. The molecule has 1 aliphatic heterocycles. The number of aromatic amines is 1. The van der Waals surface area contributed by atoms with E-state index in [4.69, 9.17) is 10.5 Å². The number of para-hydroxylation sites is 1. The SMILES string of the molecule is COc1ncc(NC(=O)N2CCc3[nH]c4ccccc4c3C2)cc1C(N)=O. The molecular weight excluding hydrogens is 346 g/mol. The van der Waals surface area contributed by atoms with E-state index < -0.39 is 5.91 Å². The van der Waals surface area contributed by atoms with E-state index in [1.165, 1.54) is 25.1 Å². The number of carbonyl (C=O) groups is 2. The fourth-order valence-corrected chi connectivity index (χ4v) is 3.40. The van der Waals surface area contributed by atoms with Crippen molar-refractivity contribution >= 4 is 28.5 Å². The molecule has 2 aromatic heterocycles. The lowest BCUT2D eigenvalue weighted by molar-refractivity contribution is 0.0996. The molecule has 3 aromatic rings. The van der Waals surface area contributed by atoms with Crippen LogP contribution in [0.3, 0.4) is 0 Å². The van der Waals surface area contributed by atoms with Crippen molar-refractivity contribution in [2.45, 2.75) is 13.0 Å². The average molecular weight is 365 g/mol. The Kier molecular flexibility index (Phi) is 4.15. The standard InChI is InChI=1S/C19H19N5O3/c1-27-18-13(17(20)25)8-11(9-21-18)22-19(26)24-7-6-16-14(10-24)12-4-2-3-5-15(12)23-16/h2-5,8-9,23H,6-7,10H2,1H3,(H2,20,25)(H,22,26). The highest BCUT2D eigenvalue weighted by Crippen LogP contribution is 2.28. The molecule has 3 amide bonds. The number of fused-ring (bicyclic) bond motifs is 3. The number of anilines is 1. The molecule has 1 aliphatic rings. The van der Waals surface area contributed by atoms with Gasteiger partial charge in [0.05, 0.1) is 19.0 Å². The maximum atomic E-state index is 12.7. The lowest BCUT2D eigenvalue weighted by Crippen LogP contribution is -2.38. The van der Waals surface area contributed by atoms with Crippen LogP contribution < -0.4 is 15.8 Å². The molecule has 8 heteroatoms. The van der Waals surface area contributed by atoms with Gasteiger partial charge in [-0.25, -0.2) is 9.78 Å². The van der Waals surface area contributed by atoms with Crippen LogP contribution in [0.2, 0.25) is 0 Å². The minimum absolute atomic E-state index is 0.118. The van der Waals surface area contributed by atoms with Gasteiger partial charge >= 0.3 is 6.03 Å². The van der Waals surface area contributed by atoms with Gasteiger partial charge in [-0.15, -0.1) is 0 Å². The van der Waals surface area contributed by atoms with Gasteiger partial charge in [0.25, 0.3) is 5.91 Å². The number of aromatic nitrogens is 2. The second kappa shape index (κ2) is 6.64. The highest BCUT2D eigenvalue weighted by atomic mass is 16.5. The monoisotopic (exact) mass is 365 g/mol. The molecule has 4 N–H and O–H groups in total. The van der Waals surface area contributed by atoms with Crippen LogP contribution in [0.25, 0.3) is 10.9 Å². The van der Waals surface area contributed by atoms with Crippen LogP contribution in [0.5, 0.6) is 5.88 Å². The van der Waals surface area contributed by atoms with Gasteiger partial charge in [-0.3, -0.25) is 4.79 Å². The van der Waals surface area contributed by atoms with Gasteiger partial charge in [0.1, 0.15) is 5.56 Å². The number of hydrogen-bond acceptors (Lipinski definition) is 4. The van der Waals surface area contributed by atoms with Crippen molar-refractivity contribution in [2.75, 3.05) is 19.0 Å². The molecule has 0 bridgehead atoms. The van der Waals surface area contributed by atoms with E-state index in [9.17, 15) is 9.59 Å². The van der Waals surface area contributed by atoms with E-state index in [1.54, 1.807) is 4.90 Å². The van der Waals surface area contributed by atoms with Crippen molar-refractivity contribution in [2.24, 2.45) is 5.73 Å². The first kappa shape index (κ1) is 16.9. The number of hydrogen-bond donors (Lipinski definition) is 3. The summed E-state index contributed by atoms with van der Waals surface area (Å²) in [5.41, 5.74) is 9.23. The molecule has 0 saturated carbocycles. The van der Waals surface area contributed by atoms with Crippen LogP contribution >= 0.6 is 0 Å². The number of rotatable bonds is 3. The molecule has 3 heterocycles. The molecule has 0 aliphatic carbocycles. The van der Waals surface area contributed by atoms with E-state index in [-0.39, 0.29) is 17.5 Å². The summed E-state index contributed by atoms with van der Waals surface area (Å²) < 4.78 is 5.02. The zero-order chi connectivity index (χ0) is 19.0. The first-order valence-electron chi connectivity index (χ1n) is 8.55. The number of nitrogens with two attached hydrogens (primary N) is 1. The zero-order valence-corrected chi connectivity index (χ0v) is 14.8. The minimum Gasteiger partial charge on any atom is -0.480 e. The van der Waals surface area contributed by atoms with Crippen molar-refractivity contribution in [1.29, 1.82) is 0 Å². The number of amides is 3. The lowest BCUT2D eigenvalue weighted by Gasteiger charge is -2.27. The first-order valence-corrected chi connectivity index (χ1v) is 8.55. The number of pyridine rings is 1. The van der Waals surface area contributed by atoms with Gasteiger partial charge in [0.15, 0.2) is 0 Å². The maximum Gasteiger partial charge on any atom is 0.322 e. The van der Waals surface area contributed by atoms with E-state index in [0.717, 1.165) is 22.9 Å². The van der Waals surface area contributed by atoms with Crippen LogP contribution in [0.4, 0.5) is 10.5 Å². The Hall–Kier alpha value is -3.55. The molecule has 0 unspecified atom stereocenters. The highest BCUT2D eigenvalue weighted by molar-refractivity contribution is 5.97. The number of carbonyl (C=O) groups excluding carboxylic acids is 2. The predicted molar refractivity (Wildman–Crippen MR) is 101 cm³/mol. The molecule has 1 aromatic carbocycles. The topological polar surface area (TPSA) is 113 Å². The predicted octanol–water partition coefficient (Wildman–Crippen LogP) is 2.26. The third kappa shape index (κ3) is 3.05. The van der Waals surface area contributed by atoms with Crippen molar-refractivity contribution in [3.8, 4) is 5.88 Å². The summed E-state index contributed by atoms with van der Waals surface area (Å²) in [4.78, 5) is 33.4. The van der Waals surface area contributed by atoms with Crippen molar-refractivity contribution in [3.05, 3.63) is 53.3 Å². The van der Waals surface area contributed by atoms with E-state index in [2.05, 4.69) is 21.4 Å². The highest BCUT2D eigenvalue weighted by Gasteiger charge is 2.24. The van der Waals surface area contributed by atoms with Crippen molar-refractivity contribution in [3.63, 3.8) is 0 Å². The first-order chi connectivity index (χ1) is 13.1. The summed E-state index contributed by atoms with van der Waals surface area (Å²) in [6.45, 7) is 1.11. The molecule has 0 fully saturated rings. The van der Waals surface area contributed by atoms with Crippen molar-refractivity contribution in [1.82, 2.24) is 14.9 Å². The Labute approximate surface area is 155 Å². The van der Waals surface area contributed by atoms with Crippen LogP contribution in [0.15, 0.2) is 36.5 Å². The van der Waals surface area contributed by atoms with Crippen molar-refractivity contribution < 1.29 is 14.3 Å². The summed E-state index contributed by atoms with van der Waals surface area (Å²) >= 11 is 0. The number of urea groups is 1. The molecule has 27 heavy (non-hydrogen) atoms. The van der Waals surface area contributed by atoms with Crippen LogP contribution in [0, 0.1) is 0 Å². The largest absolute Gasteiger partial charge is 0.480 e. The second-order valence-electron chi connectivity index (χ2n) is 6.37. The third-order valence-electron chi connectivity index (χ3n) is 4.73. The molecule has 0 saturated heterocycles. The van der Waals surface area contributed by atoms with Gasteiger partial charge in [-0.05, 0) is 12.1 Å². The number of H-pyrrole nitrogens is 1. The number of primary amides is 1. The van der Waals surface area contributed by atoms with Gasteiger partial charge < -0.3 is 25.7 Å². The van der Waals surface area contributed by atoms with Gasteiger partial charge in [0.2, 0.25) is 5.88 Å². The Morgan fingerprint density at radius 3 is 2.93 bits per heavy atom. The Morgan fingerprint density at radius 2 is 2.15 bits per heavy atom. The summed E-state index contributed by atoms with van der Waals surface area (Å²) in [6.07, 6.45) is 2.19. The number of ether oxygens (including phenoxy) is 1. The quantitative estimate of drug-likeness (QED) is 0.660. The van der Waals surface area contributed by atoms with Crippen LogP contribution in [0.1, 0.15) is 21.6 Å². The van der Waals surface area contributed by atoms with E-state index in [1.807, 2.05) is 18.2 Å². The molecular formula is C19H19N5O3. The second-order valence-corrected chi connectivity index (χ2v) is 6.37. The summed E-state index contributed by atoms with van der Waals surface area (Å²) in [6, 6.07) is 9.28. The van der Waals surface area contributed by atoms with Gasteiger partial charge in [0, 0.05) is 41.7 Å².